The van der Waals surface area contributed by atoms with Gasteiger partial charge in [-0.15, -0.1) is 0 Å². The third-order valence-electron chi connectivity index (χ3n) is 6.08. The molecular formula is C28H31N3O6S. The van der Waals surface area contributed by atoms with Gasteiger partial charge in [0.2, 0.25) is 10.0 Å². The van der Waals surface area contributed by atoms with Gasteiger partial charge in [0.05, 0.1) is 49.6 Å². The second-order valence-electron chi connectivity index (χ2n) is 8.80. The summed E-state index contributed by atoms with van der Waals surface area (Å²) in [6.07, 6.45) is 1.15. The third kappa shape index (κ3) is 6.70. The van der Waals surface area contributed by atoms with Gasteiger partial charge in [-0.05, 0) is 61.0 Å². The van der Waals surface area contributed by atoms with E-state index in [0.29, 0.717) is 66.7 Å². The molecule has 9 nitrogen and oxygen atoms in total. The van der Waals surface area contributed by atoms with Crippen molar-refractivity contribution in [2.75, 3.05) is 48.8 Å². The molecule has 0 radical (unpaired) electrons. The number of nitrogens with zero attached hydrogens (tertiary/aromatic N) is 2. The minimum absolute atomic E-state index is 0.103. The van der Waals surface area contributed by atoms with E-state index in [-0.39, 0.29) is 18.4 Å². The number of morpholine rings is 1. The minimum Gasteiger partial charge on any atom is -0.494 e. The van der Waals surface area contributed by atoms with E-state index in [1.807, 2.05) is 6.92 Å². The maximum absolute atomic E-state index is 13.0. The molecule has 1 heterocycles. The number of nitrogens with one attached hydrogen (secondary N) is 1. The quantitative estimate of drug-likeness (QED) is 0.446. The first-order valence-electron chi connectivity index (χ1n) is 12.3. The summed E-state index contributed by atoms with van der Waals surface area (Å²) < 4.78 is 37.1. The molecule has 0 bridgehead atoms. The Hall–Kier alpha value is -3.89. The van der Waals surface area contributed by atoms with Crippen molar-refractivity contribution in [1.82, 2.24) is 4.90 Å². The second-order valence-corrected chi connectivity index (χ2v) is 10.7. The molecule has 200 valence electrons. The van der Waals surface area contributed by atoms with Gasteiger partial charge in [-0.25, -0.2) is 8.42 Å². The van der Waals surface area contributed by atoms with E-state index in [4.69, 9.17) is 9.47 Å². The first-order chi connectivity index (χ1) is 18.3. The molecule has 0 aromatic heterocycles. The molecule has 38 heavy (non-hydrogen) atoms. The highest BCUT2D eigenvalue weighted by atomic mass is 32.2. The van der Waals surface area contributed by atoms with Gasteiger partial charge in [0.25, 0.3) is 11.8 Å². The van der Waals surface area contributed by atoms with E-state index < -0.39 is 10.0 Å². The molecule has 3 aromatic carbocycles. The van der Waals surface area contributed by atoms with E-state index in [1.165, 1.54) is 4.31 Å². The van der Waals surface area contributed by atoms with Gasteiger partial charge >= 0.3 is 0 Å². The third-order valence-corrected chi connectivity index (χ3v) is 7.22. The molecule has 0 unspecified atom stereocenters. The lowest BCUT2D eigenvalue weighted by atomic mass is 10.1. The second kappa shape index (κ2) is 12.1. The highest BCUT2D eigenvalue weighted by Gasteiger charge is 2.22. The van der Waals surface area contributed by atoms with Crippen LogP contribution in [0.15, 0.2) is 72.8 Å². The van der Waals surface area contributed by atoms with E-state index in [1.54, 1.807) is 77.7 Å². The predicted molar refractivity (Wildman–Crippen MR) is 146 cm³/mol. The van der Waals surface area contributed by atoms with Crippen LogP contribution < -0.4 is 14.4 Å². The van der Waals surface area contributed by atoms with Crippen LogP contribution in [0.3, 0.4) is 0 Å². The van der Waals surface area contributed by atoms with Crippen molar-refractivity contribution in [1.29, 1.82) is 0 Å². The van der Waals surface area contributed by atoms with Gasteiger partial charge in [-0.3, -0.25) is 13.9 Å². The summed E-state index contributed by atoms with van der Waals surface area (Å²) >= 11 is 0. The van der Waals surface area contributed by atoms with Gasteiger partial charge in [-0.1, -0.05) is 24.3 Å². The molecule has 0 spiro atoms. The van der Waals surface area contributed by atoms with Crippen LogP contribution in [0.1, 0.15) is 33.2 Å². The summed E-state index contributed by atoms with van der Waals surface area (Å²) in [6, 6.07) is 20.5. The van der Waals surface area contributed by atoms with Crippen molar-refractivity contribution in [3.05, 3.63) is 89.5 Å². The number of rotatable bonds is 9. The summed E-state index contributed by atoms with van der Waals surface area (Å²) in [6.45, 7) is 4.48. The van der Waals surface area contributed by atoms with E-state index in [9.17, 15) is 18.0 Å². The largest absolute Gasteiger partial charge is 0.494 e. The van der Waals surface area contributed by atoms with Crippen molar-refractivity contribution in [2.24, 2.45) is 0 Å². The SMILES string of the molecule is CCOc1ccc(N(Cc2ccc(C(=O)Nc3ccccc3C(=O)N3CCOCC3)cc2)S(C)(=O)=O)cc1. The summed E-state index contributed by atoms with van der Waals surface area (Å²) in [4.78, 5) is 27.7. The van der Waals surface area contributed by atoms with Crippen molar-refractivity contribution in [2.45, 2.75) is 13.5 Å². The van der Waals surface area contributed by atoms with Crippen LogP contribution in [-0.4, -0.2) is 64.3 Å². The zero-order chi connectivity index (χ0) is 27.1. The molecule has 1 fully saturated rings. The highest BCUT2D eigenvalue weighted by Crippen LogP contribution is 2.24. The number of anilines is 2. The Kier molecular flexibility index (Phi) is 8.65. The predicted octanol–water partition coefficient (Wildman–Crippen LogP) is 3.78. The summed E-state index contributed by atoms with van der Waals surface area (Å²) in [5, 5.41) is 2.84. The maximum atomic E-state index is 13.0. The first-order valence-corrected chi connectivity index (χ1v) is 14.2. The summed E-state index contributed by atoms with van der Waals surface area (Å²) in [7, 11) is -3.56. The Bertz CT molecular complexity index is 1370. The lowest BCUT2D eigenvalue weighted by Gasteiger charge is -2.27. The molecule has 0 saturated carbocycles. The molecule has 0 aliphatic carbocycles. The Morgan fingerprint density at radius 3 is 2.26 bits per heavy atom. The van der Waals surface area contributed by atoms with Crippen LogP contribution >= 0.6 is 0 Å². The number of amides is 2. The molecule has 1 N–H and O–H groups in total. The summed E-state index contributed by atoms with van der Waals surface area (Å²) in [5.74, 6) is 0.133. The molecule has 1 aliphatic heterocycles. The zero-order valence-corrected chi connectivity index (χ0v) is 22.2. The smallest absolute Gasteiger partial charge is 0.256 e. The fraction of sp³-hybridized carbons (Fsp3) is 0.286. The average Bonchev–Trinajstić information content (AvgIpc) is 2.92. The number of hydrogen-bond donors (Lipinski definition) is 1. The van der Waals surface area contributed by atoms with Crippen LogP contribution in [-0.2, 0) is 21.3 Å². The topological polar surface area (TPSA) is 105 Å². The van der Waals surface area contributed by atoms with Crippen LogP contribution in [0, 0.1) is 0 Å². The van der Waals surface area contributed by atoms with Gasteiger partial charge in [0, 0.05) is 18.7 Å². The number of benzene rings is 3. The van der Waals surface area contributed by atoms with Gasteiger partial charge in [0.15, 0.2) is 0 Å². The zero-order valence-electron chi connectivity index (χ0n) is 21.4. The fourth-order valence-electron chi connectivity index (χ4n) is 4.11. The van der Waals surface area contributed by atoms with Crippen molar-refractivity contribution in [3.8, 4) is 5.75 Å². The summed E-state index contributed by atoms with van der Waals surface area (Å²) in [5.41, 5.74) is 2.45. The molecule has 2 amide bonds. The van der Waals surface area contributed by atoms with E-state index in [2.05, 4.69) is 5.32 Å². The Morgan fingerprint density at radius 1 is 0.974 bits per heavy atom. The molecular weight excluding hydrogens is 506 g/mol. The van der Waals surface area contributed by atoms with Crippen LogP contribution in [0.5, 0.6) is 5.75 Å². The highest BCUT2D eigenvalue weighted by molar-refractivity contribution is 7.92. The number of sulfonamides is 1. The van der Waals surface area contributed by atoms with Crippen LogP contribution in [0.4, 0.5) is 11.4 Å². The van der Waals surface area contributed by atoms with Crippen LogP contribution in [0.2, 0.25) is 0 Å². The molecule has 1 aliphatic rings. The van der Waals surface area contributed by atoms with Crippen LogP contribution in [0.25, 0.3) is 0 Å². The number of para-hydroxylation sites is 1. The van der Waals surface area contributed by atoms with Crippen molar-refractivity contribution >= 4 is 33.2 Å². The lowest BCUT2D eigenvalue weighted by molar-refractivity contribution is 0.0303. The first kappa shape index (κ1) is 27.2. The average molecular weight is 538 g/mol. The Morgan fingerprint density at radius 2 is 1.63 bits per heavy atom. The van der Waals surface area contributed by atoms with Gasteiger partial charge in [-0.2, -0.15) is 0 Å². The minimum atomic E-state index is -3.56. The fourth-order valence-corrected chi connectivity index (χ4v) is 5.00. The number of hydrogen-bond acceptors (Lipinski definition) is 6. The Labute approximate surface area is 223 Å². The van der Waals surface area contributed by atoms with E-state index in [0.717, 1.165) is 6.26 Å². The molecule has 1 saturated heterocycles. The Balaban J connectivity index is 1.47. The molecule has 0 atom stereocenters. The van der Waals surface area contributed by atoms with Gasteiger partial charge in [0.1, 0.15) is 5.75 Å². The molecule has 4 rings (SSSR count). The van der Waals surface area contributed by atoms with Crippen molar-refractivity contribution < 1.29 is 27.5 Å². The molecule has 10 heteroatoms. The number of carbonyl (C=O) groups is 2. The maximum Gasteiger partial charge on any atom is 0.256 e. The number of ether oxygens (including phenoxy) is 2. The van der Waals surface area contributed by atoms with Gasteiger partial charge < -0.3 is 19.7 Å². The number of carbonyl (C=O) groups excluding carboxylic acids is 2. The standard InChI is InChI=1S/C28H31N3O6S/c1-3-37-24-14-12-23(13-15-24)31(38(2,34)35)20-21-8-10-22(11-9-21)27(32)29-26-7-5-4-6-25(26)28(33)30-16-18-36-19-17-30/h4-15H,3,16-20H2,1-2H3,(H,29,32). The van der Waals surface area contributed by atoms with Crippen molar-refractivity contribution in [3.63, 3.8) is 0 Å². The lowest BCUT2D eigenvalue weighted by Crippen LogP contribution is -2.41. The molecule has 3 aromatic rings. The van der Waals surface area contributed by atoms with E-state index >= 15 is 0 Å². The normalized spacial score (nSPS) is 13.6. The monoisotopic (exact) mass is 537 g/mol.